The van der Waals surface area contributed by atoms with E-state index in [1.165, 1.54) is 0 Å². The Labute approximate surface area is 53.9 Å². The molecule has 0 heterocycles. The van der Waals surface area contributed by atoms with Gasteiger partial charge in [0.2, 0.25) is 0 Å². The number of aliphatic carboxylic acids is 1. The van der Waals surface area contributed by atoms with Gasteiger partial charge in [0.25, 0.3) is 0 Å². The molecule has 9 heavy (non-hydrogen) atoms. The van der Waals surface area contributed by atoms with E-state index in [9.17, 15) is 4.79 Å². The Morgan fingerprint density at radius 2 is 2.00 bits per heavy atom. The Balaban J connectivity index is 2.62. The molecule has 1 aliphatic carbocycles. The molecular formula is C6H11NO2. The van der Waals surface area contributed by atoms with Crippen LogP contribution in [-0.2, 0) is 4.79 Å². The number of carbonyl (C=O) groups is 1. The van der Waals surface area contributed by atoms with Crippen molar-refractivity contribution in [1.82, 2.24) is 0 Å². The van der Waals surface area contributed by atoms with Gasteiger partial charge in [-0.2, -0.15) is 0 Å². The normalized spacial score (nSPS) is 38.1. The van der Waals surface area contributed by atoms with E-state index in [0.717, 1.165) is 0 Å². The van der Waals surface area contributed by atoms with Gasteiger partial charge in [0.15, 0.2) is 0 Å². The summed E-state index contributed by atoms with van der Waals surface area (Å²) in [6.45, 7) is 3.74. The van der Waals surface area contributed by atoms with Gasteiger partial charge >= 0.3 is 5.97 Å². The van der Waals surface area contributed by atoms with Gasteiger partial charge in [-0.3, -0.25) is 4.79 Å². The zero-order valence-electron chi connectivity index (χ0n) is 5.59. The molecule has 0 unspecified atom stereocenters. The first-order chi connectivity index (χ1) is 3.98. The summed E-state index contributed by atoms with van der Waals surface area (Å²) >= 11 is 0. The number of rotatable bonds is 1. The van der Waals surface area contributed by atoms with Crippen LogP contribution in [-0.4, -0.2) is 17.1 Å². The van der Waals surface area contributed by atoms with Gasteiger partial charge in [-0.25, -0.2) is 0 Å². The fraction of sp³-hybridized carbons (Fsp3) is 0.833. The van der Waals surface area contributed by atoms with Crippen molar-refractivity contribution in [1.29, 1.82) is 0 Å². The molecule has 0 aromatic carbocycles. The second-order valence-corrected chi connectivity index (χ2v) is 3.16. The van der Waals surface area contributed by atoms with Crippen molar-refractivity contribution >= 4 is 5.97 Å². The third kappa shape index (κ3) is 0.721. The molecule has 0 spiro atoms. The van der Waals surface area contributed by atoms with E-state index < -0.39 is 5.97 Å². The van der Waals surface area contributed by atoms with Crippen LogP contribution >= 0.6 is 0 Å². The molecule has 1 fully saturated rings. The second kappa shape index (κ2) is 1.48. The Hall–Kier alpha value is -0.570. The Morgan fingerprint density at radius 3 is 2.00 bits per heavy atom. The summed E-state index contributed by atoms with van der Waals surface area (Å²) in [5.74, 6) is -1.09. The molecule has 3 N–H and O–H groups in total. The summed E-state index contributed by atoms with van der Waals surface area (Å²) < 4.78 is 0. The average Bonchev–Trinajstić information content (AvgIpc) is 2.07. The maximum absolute atomic E-state index is 10.3. The topological polar surface area (TPSA) is 63.3 Å². The van der Waals surface area contributed by atoms with E-state index in [4.69, 9.17) is 10.8 Å². The summed E-state index contributed by atoms with van der Waals surface area (Å²) in [5.41, 5.74) is 5.29. The highest BCUT2D eigenvalue weighted by molar-refractivity contribution is 5.76. The number of carboxylic acid groups (broad SMARTS) is 1. The number of hydrogen-bond donors (Lipinski definition) is 2. The molecule has 3 heteroatoms. The van der Waals surface area contributed by atoms with Crippen LogP contribution in [0.3, 0.4) is 0 Å². The molecule has 1 saturated carbocycles. The predicted octanol–water partition coefficient (Wildman–Crippen LogP) is 0.0543. The van der Waals surface area contributed by atoms with Gasteiger partial charge in [-0.1, -0.05) is 13.8 Å². The molecule has 2 atom stereocenters. The standard InChI is InChI=1S/C6H11NO2/c1-6(2)3(4(6)7)5(8)9/h3-4H,7H2,1-2H3,(H,8,9)/t3-,4-/m0/s1. The highest BCUT2D eigenvalue weighted by atomic mass is 16.4. The van der Waals surface area contributed by atoms with Crippen LogP contribution in [0, 0.1) is 11.3 Å². The number of nitrogens with two attached hydrogens (primary N) is 1. The molecule has 0 radical (unpaired) electrons. The monoisotopic (exact) mass is 129 g/mol. The van der Waals surface area contributed by atoms with Gasteiger partial charge in [-0.15, -0.1) is 0 Å². The lowest BCUT2D eigenvalue weighted by Gasteiger charge is -1.94. The first-order valence-corrected chi connectivity index (χ1v) is 2.96. The van der Waals surface area contributed by atoms with E-state index >= 15 is 0 Å². The number of hydrogen-bond acceptors (Lipinski definition) is 2. The summed E-state index contributed by atoms with van der Waals surface area (Å²) in [7, 11) is 0. The molecule has 0 aromatic rings. The molecule has 0 aromatic heterocycles. The molecule has 0 amide bonds. The Bertz CT molecular complexity index is 153. The largest absolute Gasteiger partial charge is 0.481 e. The summed E-state index contributed by atoms with van der Waals surface area (Å²) in [5, 5.41) is 8.48. The van der Waals surface area contributed by atoms with Crippen molar-refractivity contribution in [2.75, 3.05) is 0 Å². The SMILES string of the molecule is CC1(C)[C@H](C(=O)O)[C@@H]1N. The van der Waals surface area contributed by atoms with E-state index in [2.05, 4.69) is 0 Å². The molecule has 3 nitrogen and oxygen atoms in total. The van der Waals surface area contributed by atoms with Crippen LogP contribution in [0.15, 0.2) is 0 Å². The first kappa shape index (κ1) is 6.55. The maximum Gasteiger partial charge on any atom is 0.308 e. The van der Waals surface area contributed by atoms with Crippen LogP contribution in [0.5, 0.6) is 0 Å². The molecule has 0 saturated heterocycles. The summed E-state index contributed by atoms with van der Waals surface area (Å²) in [6, 6.07) is -0.144. The van der Waals surface area contributed by atoms with Gasteiger partial charge < -0.3 is 10.8 Å². The van der Waals surface area contributed by atoms with Crippen molar-refractivity contribution in [3.05, 3.63) is 0 Å². The van der Waals surface area contributed by atoms with Crippen molar-refractivity contribution < 1.29 is 9.90 Å². The highest BCUT2D eigenvalue weighted by Gasteiger charge is 2.60. The van der Waals surface area contributed by atoms with Gasteiger partial charge in [0, 0.05) is 6.04 Å². The smallest absolute Gasteiger partial charge is 0.308 e. The van der Waals surface area contributed by atoms with Crippen LogP contribution in [0.25, 0.3) is 0 Å². The first-order valence-electron chi connectivity index (χ1n) is 2.96. The van der Waals surface area contributed by atoms with Gasteiger partial charge in [0.05, 0.1) is 5.92 Å². The fourth-order valence-electron chi connectivity index (χ4n) is 1.15. The molecule has 0 aliphatic heterocycles. The van der Waals surface area contributed by atoms with Crippen LogP contribution in [0.4, 0.5) is 0 Å². The van der Waals surface area contributed by atoms with Crippen LogP contribution < -0.4 is 5.73 Å². The summed E-state index contributed by atoms with van der Waals surface area (Å²) in [4.78, 5) is 10.3. The maximum atomic E-state index is 10.3. The minimum Gasteiger partial charge on any atom is -0.481 e. The fourth-order valence-corrected chi connectivity index (χ4v) is 1.15. The van der Waals surface area contributed by atoms with E-state index in [0.29, 0.717) is 0 Å². The van der Waals surface area contributed by atoms with E-state index in [1.807, 2.05) is 13.8 Å². The molecule has 52 valence electrons. The van der Waals surface area contributed by atoms with Crippen LogP contribution in [0.2, 0.25) is 0 Å². The molecule has 1 aliphatic rings. The third-order valence-electron chi connectivity index (χ3n) is 2.18. The van der Waals surface area contributed by atoms with E-state index in [-0.39, 0.29) is 17.4 Å². The lowest BCUT2D eigenvalue weighted by Crippen LogP contribution is -2.09. The third-order valence-corrected chi connectivity index (χ3v) is 2.18. The van der Waals surface area contributed by atoms with Crippen molar-refractivity contribution in [3.8, 4) is 0 Å². The van der Waals surface area contributed by atoms with Crippen molar-refractivity contribution in [3.63, 3.8) is 0 Å². The molecular weight excluding hydrogens is 118 g/mol. The van der Waals surface area contributed by atoms with Crippen molar-refractivity contribution in [2.24, 2.45) is 17.1 Å². The van der Waals surface area contributed by atoms with Gasteiger partial charge in [0.1, 0.15) is 0 Å². The molecule has 0 bridgehead atoms. The van der Waals surface area contributed by atoms with E-state index in [1.54, 1.807) is 0 Å². The second-order valence-electron chi connectivity index (χ2n) is 3.16. The predicted molar refractivity (Wildman–Crippen MR) is 32.9 cm³/mol. The van der Waals surface area contributed by atoms with Crippen LogP contribution in [0.1, 0.15) is 13.8 Å². The zero-order valence-corrected chi connectivity index (χ0v) is 5.59. The highest BCUT2D eigenvalue weighted by Crippen LogP contribution is 2.50. The Morgan fingerprint density at radius 1 is 1.67 bits per heavy atom. The van der Waals surface area contributed by atoms with Crippen molar-refractivity contribution in [2.45, 2.75) is 19.9 Å². The van der Waals surface area contributed by atoms with Gasteiger partial charge in [-0.05, 0) is 5.41 Å². The minimum atomic E-state index is -0.771. The zero-order chi connectivity index (χ0) is 7.23. The lowest BCUT2D eigenvalue weighted by atomic mass is 10.1. The lowest BCUT2D eigenvalue weighted by molar-refractivity contribution is -0.139. The molecule has 1 rings (SSSR count). The Kier molecular flexibility index (Phi) is 1.07. The average molecular weight is 129 g/mol. The number of carboxylic acids is 1. The quantitative estimate of drug-likeness (QED) is 0.526. The minimum absolute atomic E-state index is 0.144. The summed E-state index contributed by atoms with van der Waals surface area (Å²) in [6.07, 6.45) is 0.